The van der Waals surface area contributed by atoms with Gasteiger partial charge in [-0.1, -0.05) is 0 Å². The number of carboxylic acids is 1. The minimum absolute atomic E-state index is 0.0433. The molecule has 3 amide bonds. The molecule has 0 aromatic carbocycles. The summed E-state index contributed by atoms with van der Waals surface area (Å²) in [7, 11) is 0. The summed E-state index contributed by atoms with van der Waals surface area (Å²) in [4.78, 5) is 37.6. The van der Waals surface area contributed by atoms with Gasteiger partial charge in [-0.05, 0) is 26.8 Å². The third kappa shape index (κ3) is 6.37. The summed E-state index contributed by atoms with van der Waals surface area (Å²) in [5, 5.41) is 16.3. The average Bonchev–Trinajstić information content (AvgIpc) is 2.34. The van der Waals surface area contributed by atoms with Crippen molar-refractivity contribution in [2.75, 3.05) is 11.9 Å². The second-order valence-corrected chi connectivity index (χ2v) is 5.37. The Morgan fingerprint density at radius 3 is 2.48 bits per heavy atom. The van der Waals surface area contributed by atoms with Crippen LogP contribution in [0.3, 0.4) is 0 Å². The van der Waals surface area contributed by atoms with Crippen molar-refractivity contribution in [3.05, 3.63) is 24.0 Å². The molecule has 0 fully saturated rings. The molecule has 8 heteroatoms. The topological polar surface area (TPSA) is 120 Å². The summed E-state index contributed by atoms with van der Waals surface area (Å²) >= 11 is 0. The van der Waals surface area contributed by atoms with Crippen molar-refractivity contribution in [3.8, 4) is 0 Å². The third-order valence-corrected chi connectivity index (χ3v) is 2.17. The number of nitrogens with one attached hydrogen (secondary N) is 3. The van der Waals surface area contributed by atoms with E-state index in [0.29, 0.717) is 0 Å². The van der Waals surface area contributed by atoms with Gasteiger partial charge in [-0.25, -0.2) is 9.59 Å². The van der Waals surface area contributed by atoms with E-state index >= 15 is 0 Å². The Balaban J connectivity index is 2.49. The number of aromatic carboxylic acids is 1. The molecule has 0 unspecified atom stereocenters. The number of carbonyl (C=O) groups is 3. The van der Waals surface area contributed by atoms with Gasteiger partial charge in [-0.15, -0.1) is 0 Å². The molecule has 0 aliphatic heterocycles. The summed E-state index contributed by atoms with van der Waals surface area (Å²) in [6.45, 7) is 5.30. The average molecular weight is 294 g/mol. The summed E-state index contributed by atoms with van der Waals surface area (Å²) in [6, 6.07) is 0.646. The fourth-order valence-electron chi connectivity index (χ4n) is 1.42. The lowest BCUT2D eigenvalue weighted by Gasteiger charge is -2.20. The van der Waals surface area contributed by atoms with Gasteiger partial charge in [0.15, 0.2) is 0 Å². The van der Waals surface area contributed by atoms with Crippen molar-refractivity contribution in [2.45, 2.75) is 26.3 Å². The lowest BCUT2D eigenvalue weighted by atomic mass is 10.1. The molecule has 1 aromatic rings. The van der Waals surface area contributed by atoms with Gasteiger partial charge in [0.25, 0.3) is 0 Å². The van der Waals surface area contributed by atoms with Crippen LogP contribution in [-0.2, 0) is 4.79 Å². The second-order valence-electron chi connectivity index (χ2n) is 5.37. The molecular formula is C13H18N4O4. The molecule has 0 aliphatic rings. The molecule has 21 heavy (non-hydrogen) atoms. The highest BCUT2D eigenvalue weighted by Crippen LogP contribution is 2.07. The lowest BCUT2D eigenvalue weighted by Crippen LogP contribution is -2.46. The Morgan fingerprint density at radius 1 is 1.24 bits per heavy atom. The minimum Gasteiger partial charge on any atom is -0.478 e. The van der Waals surface area contributed by atoms with Crippen molar-refractivity contribution in [3.63, 3.8) is 0 Å². The van der Waals surface area contributed by atoms with E-state index in [1.54, 1.807) is 0 Å². The molecular weight excluding hydrogens is 276 g/mol. The molecule has 0 saturated carbocycles. The number of hydrogen-bond donors (Lipinski definition) is 4. The minimum atomic E-state index is -1.14. The van der Waals surface area contributed by atoms with E-state index in [1.807, 2.05) is 20.8 Å². The zero-order valence-corrected chi connectivity index (χ0v) is 12.1. The standard InChI is InChI=1S/C13H18N4O4/c1-13(2,3)17-10(18)7-15-12(21)16-9-4-8(11(19)20)5-14-6-9/h4-6H,7H2,1-3H3,(H,17,18)(H,19,20)(H2,15,16,21). The van der Waals surface area contributed by atoms with Crippen LogP contribution in [0.1, 0.15) is 31.1 Å². The maximum atomic E-state index is 11.6. The second kappa shape index (κ2) is 6.69. The quantitative estimate of drug-likeness (QED) is 0.655. The SMILES string of the molecule is CC(C)(C)NC(=O)CNC(=O)Nc1cncc(C(=O)O)c1. The smallest absolute Gasteiger partial charge is 0.337 e. The molecule has 114 valence electrons. The van der Waals surface area contributed by atoms with Crippen LogP contribution in [0.25, 0.3) is 0 Å². The van der Waals surface area contributed by atoms with Crippen LogP contribution in [-0.4, -0.2) is 40.1 Å². The summed E-state index contributed by atoms with van der Waals surface area (Å²) in [5.41, 5.74) is -0.198. The van der Waals surface area contributed by atoms with Gasteiger partial charge >= 0.3 is 12.0 Å². The van der Waals surface area contributed by atoms with Gasteiger partial charge in [0, 0.05) is 11.7 Å². The first-order chi connectivity index (χ1) is 9.67. The van der Waals surface area contributed by atoms with Crippen LogP contribution in [0.15, 0.2) is 18.5 Å². The number of nitrogens with zero attached hydrogens (tertiary/aromatic N) is 1. The highest BCUT2D eigenvalue weighted by atomic mass is 16.4. The van der Waals surface area contributed by atoms with Gasteiger partial charge in [-0.3, -0.25) is 9.78 Å². The first-order valence-electron chi connectivity index (χ1n) is 6.21. The Hall–Kier alpha value is -2.64. The van der Waals surface area contributed by atoms with Gasteiger partial charge in [0.2, 0.25) is 5.91 Å². The van der Waals surface area contributed by atoms with Gasteiger partial charge in [0.1, 0.15) is 0 Å². The maximum absolute atomic E-state index is 11.6. The van der Waals surface area contributed by atoms with Crippen LogP contribution in [0, 0.1) is 0 Å². The normalized spacial score (nSPS) is 10.6. The molecule has 1 heterocycles. The Labute approximate surface area is 121 Å². The van der Waals surface area contributed by atoms with E-state index < -0.39 is 12.0 Å². The first-order valence-corrected chi connectivity index (χ1v) is 6.21. The molecule has 1 aromatic heterocycles. The molecule has 0 bridgehead atoms. The molecule has 8 nitrogen and oxygen atoms in total. The van der Waals surface area contributed by atoms with E-state index in [4.69, 9.17) is 5.11 Å². The van der Waals surface area contributed by atoms with Crippen LogP contribution >= 0.6 is 0 Å². The van der Waals surface area contributed by atoms with Crippen LogP contribution < -0.4 is 16.0 Å². The van der Waals surface area contributed by atoms with Crippen molar-refractivity contribution in [1.29, 1.82) is 0 Å². The highest BCUT2D eigenvalue weighted by molar-refractivity contribution is 5.94. The van der Waals surface area contributed by atoms with E-state index in [9.17, 15) is 14.4 Å². The van der Waals surface area contributed by atoms with Crippen LogP contribution in [0.4, 0.5) is 10.5 Å². The number of carboxylic acid groups (broad SMARTS) is 1. The van der Waals surface area contributed by atoms with E-state index in [-0.39, 0.29) is 29.2 Å². The number of rotatable bonds is 4. The zero-order valence-electron chi connectivity index (χ0n) is 12.1. The third-order valence-electron chi connectivity index (χ3n) is 2.17. The molecule has 0 spiro atoms. The summed E-state index contributed by atoms with van der Waals surface area (Å²) < 4.78 is 0. The number of hydrogen-bond acceptors (Lipinski definition) is 4. The molecule has 1 rings (SSSR count). The summed E-state index contributed by atoms with van der Waals surface area (Å²) in [6.07, 6.45) is 2.48. The van der Waals surface area contributed by atoms with E-state index in [0.717, 1.165) is 0 Å². The zero-order chi connectivity index (χ0) is 16.0. The Kier molecular flexibility index (Phi) is 5.23. The monoisotopic (exact) mass is 294 g/mol. The predicted octanol–water partition coefficient (Wildman–Crippen LogP) is 0.816. The maximum Gasteiger partial charge on any atom is 0.337 e. The van der Waals surface area contributed by atoms with Gasteiger partial charge in [0.05, 0.1) is 24.0 Å². The Bertz CT molecular complexity index is 551. The van der Waals surface area contributed by atoms with Crippen molar-refractivity contribution < 1.29 is 19.5 Å². The molecule has 0 radical (unpaired) electrons. The van der Waals surface area contributed by atoms with Crippen LogP contribution in [0.2, 0.25) is 0 Å². The molecule has 0 atom stereocenters. The van der Waals surface area contributed by atoms with Crippen molar-refractivity contribution >= 4 is 23.6 Å². The first kappa shape index (κ1) is 16.4. The van der Waals surface area contributed by atoms with Crippen LogP contribution in [0.5, 0.6) is 0 Å². The fraction of sp³-hybridized carbons (Fsp3) is 0.385. The van der Waals surface area contributed by atoms with Crippen molar-refractivity contribution in [1.82, 2.24) is 15.6 Å². The number of pyridine rings is 1. The fourth-order valence-corrected chi connectivity index (χ4v) is 1.42. The molecule has 4 N–H and O–H groups in total. The number of carbonyl (C=O) groups excluding carboxylic acids is 2. The number of anilines is 1. The number of amides is 3. The number of urea groups is 1. The highest BCUT2D eigenvalue weighted by Gasteiger charge is 2.14. The predicted molar refractivity (Wildman–Crippen MR) is 76.1 cm³/mol. The summed E-state index contributed by atoms with van der Waals surface area (Å²) in [5.74, 6) is -1.47. The number of aromatic nitrogens is 1. The van der Waals surface area contributed by atoms with Gasteiger partial charge in [-0.2, -0.15) is 0 Å². The molecule has 0 aliphatic carbocycles. The van der Waals surface area contributed by atoms with E-state index in [1.165, 1.54) is 18.5 Å². The van der Waals surface area contributed by atoms with E-state index in [2.05, 4.69) is 20.9 Å². The molecule has 0 saturated heterocycles. The lowest BCUT2D eigenvalue weighted by molar-refractivity contribution is -0.121. The van der Waals surface area contributed by atoms with Crippen molar-refractivity contribution in [2.24, 2.45) is 0 Å². The Morgan fingerprint density at radius 2 is 1.90 bits per heavy atom. The largest absolute Gasteiger partial charge is 0.478 e. The van der Waals surface area contributed by atoms with Gasteiger partial charge < -0.3 is 21.1 Å².